The van der Waals surface area contributed by atoms with Gasteiger partial charge in [0.2, 0.25) is 0 Å². The van der Waals surface area contributed by atoms with Gasteiger partial charge in [0.05, 0.1) is 0 Å². The molecule has 0 saturated heterocycles. The maximum absolute atomic E-state index is 8.06. The van der Waals surface area contributed by atoms with Gasteiger partial charge in [0.15, 0.2) is 0 Å². The minimum absolute atomic E-state index is 0.167. The summed E-state index contributed by atoms with van der Waals surface area (Å²) in [6, 6.07) is 10.5. The van der Waals surface area contributed by atoms with Crippen LogP contribution in [0, 0.1) is 0 Å². The van der Waals surface area contributed by atoms with Crippen LogP contribution in [-0.2, 0) is 0 Å². The lowest BCUT2D eigenvalue weighted by atomic mass is 10.3. The second-order valence-electron chi connectivity index (χ2n) is 3.05. The molecule has 1 aromatic heterocycles. The highest BCUT2D eigenvalue weighted by Gasteiger charge is 1.87. The van der Waals surface area contributed by atoms with Gasteiger partial charge in [-0.1, -0.05) is 18.2 Å². The van der Waals surface area contributed by atoms with E-state index in [1.54, 1.807) is 25.2 Å². The van der Waals surface area contributed by atoms with Crippen molar-refractivity contribution in [3.8, 4) is 0 Å². The lowest BCUT2D eigenvalue weighted by Crippen LogP contribution is -1.85. The summed E-state index contributed by atoms with van der Waals surface area (Å²) in [7, 11) is 0. The van der Waals surface area contributed by atoms with Crippen molar-refractivity contribution in [3.05, 3.63) is 35.7 Å². The van der Waals surface area contributed by atoms with Crippen LogP contribution in [0.5, 0.6) is 0 Å². The third-order valence-corrected chi connectivity index (χ3v) is 2.26. The Morgan fingerprint density at radius 3 is 2.38 bits per heavy atom. The predicted molar refractivity (Wildman–Crippen MR) is 59.2 cm³/mol. The van der Waals surface area contributed by atoms with Gasteiger partial charge >= 0.3 is 0 Å². The second-order valence-corrected chi connectivity index (χ2v) is 4.00. The highest BCUT2D eigenvalue weighted by molar-refractivity contribution is 7.17. The van der Waals surface area contributed by atoms with Gasteiger partial charge in [0.1, 0.15) is 0 Å². The van der Waals surface area contributed by atoms with E-state index in [4.69, 9.17) is 5.11 Å². The number of benzene rings is 1. The summed E-state index contributed by atoms with van der Waals surface area (Å²) >= 11 is 1.79. The first-order chi connectivity index (χ1) is 6.20. The van der Waals surface area contributed by atoms with Gasteiger partial charge in [-0.05, 0) is 36.7 Å². The third-order valence-electron chi connectivity index (χ3n) is 1.36. The Morgan fingerprint density at radius 1 is 1.15 bits per heavy atom. The molecule has 0 aliphatic heterocycles. The Hall–Kier alpha value is -0.860. The molecule has 0 atom stereocenters. The minimum atomic E-state index is -0.167. The maximum atomic E-state index is 8.06. The number of fused-ring (bicyclic) bond motifs is 1. The number of rotatable bonds is 0. The third kappa shape index (κ3) is 3.57. The van der Waals surface area contributed by atoms with E-state index < -0.39 is 0 Å². The summed E-state index contributed by atoms with van der Waals surface area (Å²) < 4.78 is 1.37. The van der Waals surface area contributed by atoms with E-state index in [1.165, 1.54) is 10.1 Å². The van der Waals surface area contributed by atoms with Crippen molar-refractivity contribution < 1.29 is 5.11 Å². The minimum Gasteiger partial charge on any atom is -0.394 e. The molecule has 0 aliphatic rings. The largest absolute Gasteiger partial charge is 0.394 e. The molecule has 2 aromatic rings. The summed E-state index contributed by atoms with van der Waals surface area (Å²) in [6.45, 7) is 3.44. The fraction of sp³-hybridized carbons (Fsp3) is 0.273. The van der Waals surface area contributed by atoms with E-state index in [-0.39, 0.29) is 6.10 Å². The molecular formula is C11H14OS. The van der Waals surface area contributed by atoms with Gasteiger partial charge in [-0.25, -0.2) is 0 Å². The molecule has 0 unspecified atom stereocenters. The molecule has 1 heterocycles. The van der Waals surface area contributed by atoms with Crippen LogP contribution < -0.4 is 0 Å². The monoisotopic (exact) mass is 194 g/mol. The molecule has 13 heavy (non-hydrogen) atoms. The quantitative estimate of drug-likeness (QED) is 0.682. The smallest absolute Gasteiger partial charge is 0.0483 e. The highest BCUT2D eigenvalue weighted by Crippen LogP contribution is 2.18. The van der Waals surface area contributed by atoms with Crippen LogP contribution in [0.2, 0.25) is 0 Å². The van der Waals surface area contributed by atoms with Gasteiger partial charge in [-0.3, -0.25) is 0 Å². The molecule has 0 amide bonds. The molecule has 1 nitrogen and oxygen atoms in total. The molecule has 0 bridgehead atoms. The van der Waals surface area contributed by atoms with Gasteiger partial charge < -0.3 is 5.11 Å². The summed E-state index contributed by atoms with van der Waals surface area (Å²) in [5.41, 5.74) is 0. The van der Waals surface area contributed by atoms with Crippen LogP contribution in [-0.4, -0.2) is 11.2 Å². The average molecular weight is 194 g/mol. The second kappa shape index (κ2) is 5.00. The van der Waals surface area contributed by atoms with E-state index in [9.17, 15) is 0 Å². The first-order valence-corrected chi connectivity index (χ1v) is 5.18. The molecule has 1 aromatic carbocycles. The van der Waals surface area contributed by atoms with Crippen molar-refractivity contribution >= 4 is 21.4 Å². The van der Waals surface area contributed by atoms with Crippen LogP contribution in [0.25, 0.3) is 10.1 Å². The van der Waals surface area contributed by atoms with Crippen molar-refractivity contribution in [1.82, 2.24) is 0 Å². The zero-order chi connectivity index (χ0) is 9.68. The Balaban J connectivity index is 0.000000184. The topological polar surface area (TPSA) is 20.2 Å². The lowest BCUT2D eigenvalue weighted by Gasteiger charge is -1.82. The molecule has 70 valence electrons. The SMILES string of the molecule is CC(C)O.c1ccc2sccc2c1. The highest BCUT2D eigenvalue weighted by atomic mass is 32.1. The van der Waals surface area contributed by atoms with Gasteiger partial charge in [0.25, 0.3) is 0 Å². The number of aliphatic hydroxyl groups excluding tert-OH is 1. The number of aliphatic hydroxyl groups is 1. The van der Waals surface area contributed by atoms with Crippen LogP contribution in [0.15, 0.2) is 35.7 Å². The first-order valence-electron chi connectivity index (χ1n) is 4.30. The molecule has 1 N–H and O–H groups in total. The van der Waals surface area contributed by atoms with Crippen LogP contribution in [0.3, 0.4) is 0 Å². The molecule has 0 aliphatic carbocycles. The number of thiophene rings is 1. The van der Waals surface area contributed by atoms with Gasteiger partial charge in [-0.15, -0.1) is 11.3 Å². The molecule has 2 heteroatoms. The first kappa shape index (κ1) is 10.2. The fourth-order valence-electron chi connectivity index (χ4n) is 0.906. The zero-order valence-electron chi connectivity index (χ0n) is 7.90. The van der Waals surface area contributed by atoms with Crippen LogP contribution >= 0.6 is 11.3 Å². The molecule has 0 radical (unpaired) electrons. The van der Waals surface area contributed by atoms with Crippen molar-refractivity contribution in [2.75, 3.05) is 0 Å². The molecule has 0 spiro atoms. The van der Waals surface area contributed by atoms with E-state index in [0.717, 1.165) is 0 Å². The lowest BCUT2D eigenvalue weighted by molar-refractivity contribution is 0.216. The zero-order valence-corrected chi connectivity index (χ0v) is 8.71. The van der Waals surface area contributed by atoms with Crippen molar-refractivity contribution in [1.29, 1.82) is 0 Å². The normalized spacial score (nSPS) is 9.85. The average Bonchev–Trinajstić information content (AvgIpc) is 2.49. The Bertz CT molecular complexity index is 319. The van der Waals surface area contributed by atoms with E-state index in [0.29, 0.717) is 0 Å². The Morgan fingerprint density at radius 2 is 1.77 bits per heavy atom. The van der Waals surface area contributed by atoms with Crippen molar-refractivity contribution in [2.45, 2.75) is 20.0 Å². The van der Waals surface area contributed by atoms with Crippen molar-refractivity contribution in [2.24, 2.45) is 0 Å². The van der Waals surface area contributed by atoms with E-state index in [1.807, 2.05) is 0 Å². The number of hydrogen-bond acceptors (Lipinski definition) is 2. The predicted octanol–water partition coefficient (Wildman–Crippen LogP) is 3.29. The van der Waals surface area contributed by atoms with Gasteiger partial charge in [0, 0.05) is 10.8 Å². The van der Waals surface area contributed by atoms with Crippen LogP contribution in [0.1, 0.15) is 13.8 Å². The number of hydrogen-bond donors (Lipinski definition) is 1. The summed E-state index contributed by atoms with van der Waals surface area (Å²) in [5.74, 6) is 0. The Labute approximate surface area is 82.6 Å². The van der Waals surface area contributed by atoms with Crippen molar-refractivity contribution in [3.63, 3.8) is 0 Å². The molecular weight excluding hydrogens is 180 g/mol. The fourth-order valence-corrected chi connectivity index (χ4v) is 1.70. The Kier molecular flexibility index (Phi) is 3.93. The summed E-state index contributed by atoms with van der Waals surface area (Å²) in [5, 5.41) is 11.5. The molecule has 2 rings (SSSR count). The maximum Gasteiger partial charge on any atom is 0.0483 e. The van der Waals surface area contributed by atoms with E-state index >= 15 is 0 Å². The molecule has 0 saturated carbocycles. The van der Waals surface area contributed by atoms with E-state index in [2.05, 4.69) is 35.7 Å². The summed E-state index contributed by atoms with van der Waals surface area (Å²) in [4.78, 5) is 0. The summed E-state index contributed by atoms with van der Waals surface area (Å²) in [6.07, 6.45) is -0.167. The molecule has 0 fully saturated rings. The van der Waals surface area contributed by atoms with Gasteiger partial charge in [-0.2, -0.15) is 0 Å². The van der Waals surface area contributed by atoms with Crippen LogP contribution in [0.4, 0.5) is 0 Å². The standard InChI is InChI=1S/C8H6S.C3H8O/c1-2-4-8-7(3-1)5-6-9-8;1-3(2)4/h1-6H;3-4H,1-2H3.